The third kappa shape index (κ3) is 3.20. The van der Waals surface area contributed by atoms with Crippen molar-refractivity contribution in [3.8, 4) is 22.1 Å². The van der Waals surface area contributed by atoms with Crippen molar-refractivity contribution in [2.24, 2.45) is 0 Å². The number of hydrogen-bond donors (Lipinski definition) is 0. The Balaban J connectivity index is 1.21. The van der Waals surface area contributed by atoms with Gasteiger partial charge in [0.25, 0.3) is 0 Å². The van der Waals surface area contributed by atoms with Gasteiger partial charge in [-0.2, -0.15) is 0 Å². The smallest absolute Gasteiger partial charge is 0.231 e. The first-order valence-electron chi connectivity index (χ1n) is 10.5. The normalized spacial score (nSPS) is 15.9. The average Bonchev–Trinajstić information content (AvgIpc) is 3.27. The van der Waals surface area contributed by atoms with Crippen molar-refractivity contribution in [2.75, 3.05) is 6.79 Å². The van der Waals surface area contributed by atoms with Crippen molar-refractivity contribution < 1.29 is 14.3 Å². The summed E-state index contributed by atoms with van der Waals surface area (Å²) in [6.45, 7) is 2.35. The molecule has 1 saturated carbocycles. The number of ketones is 1. The average molecular weight is 428 g/mol. The highest BCUT2D eigenvalue weighted by atomic mass is 32.1. The third-order valence-electron chi connectivity index (χ3n) is 6.32. The number of rotatable bonds is 5. The van der Waals surface area contributed by atoms with E-state index in [0.29, 0.717) is 6.42 Å². The van der Waals surface area contributed by atoms with Crippen LogP contribution in [0.25, 0.3) is 20.8 Å². The van der Waals surface area contributed by atoms with Crippen LogP contribution in [0.4, 0.5) is 0 Å². The zero-order valence-electron chi connectivity index (χ0n) is 17.2. The summed E-state index contributed by atoms with van der Waals surface area (Å²) in [6.07, 6.45) is 2.23. The minimum atomic E-state index is -0.370. The molecule has 0 bridgehead atoms. The fraction of sp³-hybridized carbons (Fsp3) is 0.231. The molecule has 0 N–H and O–H groups in total. The quantitative estimate of drug-likeness (QED) is 0.401. The van der Waals surface area contributed by atoms with E-state index in [1.54, 1.807) is 11.3 Å². The molecule has 154 valence electrons. The van der Waals surface area contributed by atoms with Crippen LogP contribution in [0, 0.1) is 6.92 Å². The summed E-state index contributed by atoms with van der Waals surface area (Å²) in [5.41, 5.74) is 5.08. The molecule has 1 aliphatic heterocycles. The molecule has 31 heavy (non-hydrogen) atoms. The summed E-state index contributed by atoms with van der Waals surface area (Å²) < 4.78 is 12.1. The van der Waals surface area contributed by atoms with Crippen molar-refractivity contribution >= 4 is 27.3 Å². The third-order valence-corrected chi connectivity index (χ3v) is 7.39. The standard InChI is InChI=1S/C26H21NO3S/c1-16-2-8-20-23(12-16)31-25(27-20)18-5-3-17(4-6-18)13-24(28)26(10-11-26)19-7-9-21-22(14-19)30-15-29-21/h2-9,12,14H,10-11,13,15H2,1H3. The van der Waals surface area contributed by atoms with E-state index in [1.807, 2.05) is 18.2 Å². The highest BCUT2D eigenvalue weighted by Gasteiger charge is 2.50. The molecular formula is C26H21NO3S. The van der Waals surface area contributed by atoms with Gasteiger partial charge in [0.05, 0.1) is 15.6 Å². The first kappa shape index (κ1) is 18.6. The van der Waals surface area contributed by atoms with Gasteiger partial charge >= 0.3 is 0 Å². The van der Waals surface area contributed by atoms with Crippen LogP contribution in [0.5, 0.6) is 11.5 Å². The van der Waals surface area contributed by atoms with Gasteiger partial charge in [-0.15, -0.1) is 11.3 Å². The topological polar surface area (TPSA) is 48.4 Å². The molecule has 0 unspecified atom stereocenters. The van der Waals surface area contributed by atoms with Crippen molar-refractivity contribution in [1.82, 2.24) is 4.98 Å². The number of nitrogens with zero attached hydrogens (tertiary/aromatic N) is 1. The number of hydrogen-bond acceptors (Lipinski definition) is 5. The van der Waals surface area contributed by atoms with Gasteiger partial charge in [-0.1, -0.05) is 36.4 Å². The molecule has 0 saturated heterocycles. The molecule has 0 amide bonds. The minimum Gasteiger partial charge on any atom is -0.454 e. The molecule has 0 radical (unpaired) electrons. The van der Waals surface area contributed by atoms with E-state index in [1.165, 1.54) is 10.3 Å². The van der Waals surface area contributed by atoms with Crippen LogP contribution in [0.2, 0.25) is 0 Å². The van der Waals surface area contributed by atoms with E-state index in [-0.39, 0.29) is 18.0 Å². The molecule has 3 aromatic carbocycles. The van der Waals surface area contributed by atoms with Crippen molar-refractivity contribution in [3.63, 3.8) is 0 Å². The maximum absolute atomic E-state index is 13.2. The Morgan fingerprint density at radius 3 is 2.61 bits per heavy atom. The second-order valence-electron chi connectivity index (χ2n) is 8.44. The van der Waals surface area contributed by atoms with E-state index < -0.39 is 0 Å². The summed E-state index contributed by atoms with van der Waals surface area (Å²) in [5.74, 6) is 1.77. The molecule has 6 rings (SSSR count). The predicted molar refractivity (Wildman–Crippen MR) is 122 cm³/mol. The van der Waals surface area contributed by atoms with Crippen LogP contribution in [0.1, 0.15) is 29.5 Å². The van der Waals surface area contributed by atoms with Crippen molar-refractivity contribution in [1.29, 1.82) is 0 Å². The molecule has 1 aromatic heterocycles. The maximum Gasteiger partial charge on any atom is 0.231 e. The molecular weight excluding hydrogens is 406 g/mol. The number of aromatic nitrogens is 1. The number of ether oxygens (including phenoxy) is 2. The Bertz CT molecular complexity index is 1320. The summed E-state index contributed by atoms with van der Waals surface area (Å²) >= 11 is 1.71. The molecule has 2 aliphatic rings. The van der Waals surface area contributed by atoms with Crippen LogP contribution < -0.4 is 9.47 Å². The lowest BCUT2D eigenvalue weighted by molar-refractivity contribution is -0.120. The van der Waals surface area contributed by atoms with Gasteiger partial charge in [0.2, 0.25) is 6.79 Å². The lowest BCUT2D eigenvalue weighted by Crippen LogP contribution is -2.22. The Morgan fingerprint density at radius 2 is 1.81 bits per heavy atom. The summed E-state index contributed by atoms with van der Waals surface area (Å²) in [5, 5.41) is 1.01. The molecule has 4 aromatic rings. The van der Waals surface area contributed by atoms with Crippen LogP contribution in [0.15, 0.2) is 60.7 Å². The number of Topliss-reactive ketones (excluding diaryl/α,β-unsaturated/α-hetero) is 1. The molecule has 5 heteroatoms. The molecule has 4 nitrogen and oxygen atoms in total. The fourth-order valence-electron chi connectivity index (χ4n) is 4.32. The van der Waals surface area contributed by atoms with Gasteiger partial charge in [0.15, 0.2) is 11.5 Å². The summed E-state index contributed by atoms with van der Waals surface area (Å²) in [6, 6.07) is 20.5. The van der Waals surface area contributed by atoms with Crippen LogP contribution in [-0.4, -0.2) is 17.6 Å². The first-order chi connectivity index (χ1) is 15.1. The molecule has 1 fully saturated rings. The number of aryl methyl sites for hydroxylation is 1. The largest absolute Gasteiger partial charge is 0.454 e. The maximum atomic E-state index is 13.2. The number of thiazole rings is 1. The molecule has 2 heterocycles. The summed E-state index contributed by atoms with van der Waals surface area (Å²) in [4.78, 5) is 18.0. The fourth-order valence-corrected chi connectivity index (χ4v) is 5.39. The zero-order chi connectivity index (χ0) is 21.0. The van der Waals surface area contributed by atoms with Gasteiger partial charge in [-0.25, -0.2) is 4.98 Å². The minimum absolute atomic E-state index is 0.250. The first-order valence-corrected chi connectivity index (χ1v) is 11.3. The van der Waals surface area contributed by atoms with Crippen LogP contribution in [-0.2, 0) is 16.6 Å². The van der Waals surface area contributed by atoms with Crippen molar-refractivity contribution in [3.05, 3.63) is 77.4 Å². The van der Waals surface area contributed by atoms with E-state index in [9.17, 15) is 4.79 Å². The molecule has 1 aliphatic carbocycles. The lowest BCUT2D eigenvalue weighted by Gasteiger charge is -2.15. The van der Waals surface area contributed by atoms with E-state index in [0.717, 1.165) is 51.6 Å². The van der Waals surface area contributed by atoms with Gasteiger partial charge in [0.1, 0.15) is 10.8 Å². The Morgan fingerprint density at radius 1 is 1.00 bits per heavy atom. The van der Waals surface area contributed by atoms with Gasteiger partial charge < -0.3 is 9.47 Å². The van der Waals surface area contributed by atoms with Gasteiger partial charge in [-0.3, -0.25) is 4.79 Å². The Kier molecular flexibility index (Phi) is 4.15. The Labute approximate surface area is 184 Å². The van der Waals surface area contributed by atoms with Gasteiger partial charge in [-0.05, 0) is 60.7 Å². The predicted octanol–water partition coefficient (Wildman–Crippen LogP) is 5.84. The number of benzene rings is 3. The molecule has 0 spiro atoms. The Hall–Kier alpha value is -3.18. The number of carbonyl (C=O) groups excluding carboxylic acids is 1. The number of fused-ring (bicyclic) bond motifs is 2. The van der Waals surface area contributed by atoms with E-state index in [2.05, 4.69) is 49.4 Å². The second kappa shape index (κ2) is 6.92. The van der Waals surface area contributed by atoms with Gasteiger partial charge in [0, 0.05) is 12.0 Å². The molecule has 0 atom stereocenters. The SMILES string of the molecule is Cc1ccc2nc(-c3ccc(CC(=O)C4(c5ccc6c(c5)OCO6)CC4)cc3)sc2c1. The summed E-state index contributed by atoms with van der Waals surface area (Å²) in [7, 11) is 0. The highest BCUT2D eigenvalue weighted by Crippen LogP contribution is 2.51. The van der Waals surface area contributed by atoms with E-state index in [4.69, 9.17) is 14.5 Å². The highest BCUT2D eigenvalue weighted by molar-refractivity contribution is 7.21. The zero-order valence-corrected chi connectivity index (χ0v) is 18.0. The lowest BCUT2D eigenvalue weighted by atomic mass is 9.87. The van der Waals surface area contributed by atoms with Crippen molar-refractivity contribution in [2.45, 2.75) is 31.6 Å². The second-order valence-corrected chi connectivity index (χ2v) is 9.47. The van der Waals surface area contributed by atoms with Crippen LogP contribution >= 0.6 is 11.3 Å². The van der Waals surface area contributed by atoms with Crippen LogP contribution in [0.3, 0.4) is 0 Å². The monoisotopic (exact) mass is 427 g/mol. The van der Waals surface area contributed by atoms with E-state index >= 15 is 0 Å². The number of carbonyl (C=O) groups is 1.